The van der Waals surface area contributed by atoms with E-state index in [0.717, 1.165) is 57.7 Å². The first-order valence-corrected chi connectivity index (χ1v) is 26.3. The highest BCUT2D eigenvalue weighted by atomic mass is 32.1. The van der Waals surface area contributed by atoms with Crippen LogP contribution in [0.1, 0.15) is 90.4 Å². The molecule has 6 heterocycles. The number of fused-ring (bicyclic) bond motifs is 6. The number of hydrazine groups is 1. The van der Waals surface area contributed by atoms with E-state index < -0.39 is 38.3 Å². The molecule has 4 atom stereocenters. The molecule has 361 valence electrons. The number of aliphatic imine (C=N–C) groups is 1. The summed E-state index contributed by atoms with van der Waals surface area (Å²) in [6.45, 7) is 20.9. The number of aromatic nitrogens is 2. The SMILES string of the molecule is C=CC(=O)N1CCCN(C(=O)N(C)[C@H](C(=O)N[Si]2Cc3nc(cs3)-c3ccc4c(c3)c(c(C3=C([C@H](C)OC)N=CCC3C)n4CC)CC(C)(C)COC(=O)[C@@H]3CCCN(N3)C2=O)C(C)C)CC1. The number of nitrogens with one attached hydrogen (secondary N) is 2. The second kappa shape index (κ2) is 21.0. The Labute approximate surface area is 400 Å². The zero-order valence-corrected chi connectivity index (χ0v) is 42.5. The third-order valence-corrected chi connectivity index (χ3v) is 16.6. The molecule has 7 rings (SSSR count). The minimum Gasteiger partial charge on any atom is -0.464 e. The van der Waals surface area contributed by atoms with Crippen LogP contribution >= 0.6 is 11.3 Å². The summed E-state index contributed by atoms with van der Waals surface area (Å²) in [5, 5.41) is 5.25. The first-order chi connectivity index (χ1) is 32.0. The van der Waals surface area contributed by atoms with Gasteiger partial charge in [0, 0.05) is 98.5 Å². The molecule has 67 heavy (non-hydrogen) atoms. The highest BCUT2D eigenvalue weighted by molar-refractivity contribution is 7.10. The predicted molar refractivity (Wildman–Crippen MR) is 263 cm³/mol. The van der Waals surface area contributed by atoms with Gasteiger partial charge in [0.15, 0.2) is 0 Å². The van der Waals surface area contributed by atoms with Crippen molar-refractivity contribution in [3.63, 3.8) is 0 Å². The summed E-state index contributed by atoms with van der Waals surface area (Å²) in [5.74, 6) is -1.18. The van der Waals surface area contributed by atoms with Gasteiger partial charge in [0.25, 0.3) is 8.96 Å². The maximum absolute atomic E-state index is 14.7. The summed E-state index contributed by atoms with van der Waals surface area (Å²) in [5.41, 5.74) is 9.50. The monoisotopic (exact) mass is 954 g/mol. The lowest BCUT2D eigenvalue weighted by Gasteiger charge is -2.37. The molecule has 0 spiro atoms. The van der Waals surface area contributed by atoms with Crippen LogP contribution < -0.4 is 10.4 Å². The van der Waals surface area contributed by atoms with Crippen molar-refractivity contribution in [2.75, 3.05) is 53.5 Å². The first kappa shape index (κ1) is 49.7. The average molecular weight is 955 g/mol. The molecule has 1 aromatic carbocycles. The number of thiazole rings is 1. The molecule has 2 N–H and O–H groups in total. The Kier molecular flexibility index (Phi) is 15.6. The van der Waals surface area contributed by atoms with Crippen molar-refractivity contribution in [3.8, 4) is 11.3 Å². The van der Waals surface area contributed by atoms with Gasteiger partial charge in [-0.15, -0.1) is 11.3 Å². The number of likely N-dealkylation sites (N-methyl/N-ethyl adjacent to an activating group) is 1. The Morgan fingerprint density at radius 2 is 1.87 bits per heavy atom. The van der Waals surface area contributed by atoms with Gasteiger partial charge < -0.3 is 33.7 Å². The lowest BCUT2D eigenvalue weighted by Crippen LogP contribution is -2.64. The molecule has 18 heteroatoms. The maximum atomic E-state index is 14.7. The van der Waals surface area contributed by atoms with Crippen LogP contribution in [0.4, 0.5) is 9.59 Å². The number of carbonyl (C=O) groups excluding carboxylic acids is 5. The minimum absolute atomic E-state index is 0.149. The van der Waals surface area contributed by atoms with Crippen LogP contribution in [0.15, 0.2) is 46.9 Å². The Hall–Kier alpha value is -5.17. The number of hydrogen-bond acceptors (Lipinski definition) is 11. The molecule has 0 saturated carbocycles. The normalized spacial score (nSPS) is 21.7. The molecule has 1 radical (unpaired) electrons. The van der Waals surface area contributed by atoms with Crippen LogP contribution in [0.5, 0.6) is 0 Å². The maximum Gasteiger partial charge on any atom is 0.324 e. The summed E-state index contributed by atoms with van der Waals surface area (Å²) < 4.78 is 14.4. The molecule has 4 aliphatic rings. The molecule has 2 aromatic heterocycles. The molecule has 1 unspecified atom stereocenters. The lowest BCUT2D eigenvalue weighted by molar-refractivity contribution is -0.151. The van der Waals surface area contributed by atoms with Crippen LogP contribution in [0.2, 0.25) is 0 Å². The number of rotatable bonds is 9. The van der Waals surface area contributed by atoms with Gasteiger partial charge in [0.1, 0.15) is 12.1 Å². The van der Waals surface area contributed by atoms with Gasteiger partial charge >= 0.3 is 12.0 Å². The van der Waals surface area contributed by atoms with Crippen molar-refractivity contribution in [1.82, 2.24) is 39.7 Å². The topological polar surface area (TPSA) is 171 Å². The van der Waals surface area contributed by atoms with Crippen LogP contribution in [-0.4, -0.2) is 145 Å². The Morgan fingerprint density at radius 1 is 1.12 bits per heavy atom. The fraction of sp³-hybridized carbons (Fsp3) is 0.571. The summed E-state index contributed by atoms with van der Waals surface area (Å²) in [7, 11) is 0.842. The van der Waals surface area contributed by atoms with E-state index >= 15 is 0 Å². The Balaban J connectivity index is 1.26. The van der Waals surface area contributed by atoms with Gasteiger partial charge in [-0.1, -0.05) is 47.3 Å². The number of aryl methyl sites for hydroxylation is 1. The van der Waals surface area contributed by atoms with E-state index in [1.807, 2.05) is 32.4 Å². The van der Waals surface area contributed by atoms with Crippen LogP contribution in [0.3, 0.4) is 0 Å². The van der Waals surface area contributed by atoms with E-state index in [2.05, 4.69) is 67.4 Å². The second-order valence-electron chi connectivity index (χ2n) is 19.4. The van der Waals surface area contributed by atoms with E-state index in [1.54, 1.807) is 24.0 Å². The number of nitrogens with zero attached hydrogens (tertiary/aromatic N) is 7. The van der Waals surface area contributed by atoms with Crippen molar-refractivity contribution in [2.45, 2.75) is 111 Å². The standard InChI is InChI=1S/C49H68N9O7SSi/c1-11-40(59)55-20-14-21-56(24-23-55)47(62)54(9)43(30(3)4)45(60)53-67-28-39-51-37(27-66-39)33-16-17-38-34(25-33)35(44(57(38)12-2)41-31(5)18-19-50-42(41)32(6)64-10)26-49(7,8)29-65-46(61)36-15-13-22-58(52-36)48(67)63/h11,16-17,19,25,27,30-32,36,43,52H,1,12-15,18,20-24,26,28-29H2,2-10H3,(H,53,60)/t31?,32-,36-,43-/m0/s1. The van der Waals surface area contributed by atoms with Crippen molar-refractivity contribution in [1.29, 1.82) is 0 Å². The van der Waals surface area contributed by atoms with Gasteiger partial charge in [-0.2, -0.15) is 0 Å². The summed E-state index contributed by atoms with van der Waals surface area (Å²) in [4.78, 5) is 87.6. The number of amides is 5. The van der Waals surface area contributed by atoms with Gasteiger partial charge in [-0.05, 0) is 81.6 Å². The molecule has 6 bridgehead atoms. The average Bonchev–Trinajstić information content (AvgIpc) is 3.80. The highest BCUT2D eigenvalue weighted by Crippen LogP contribution is 2.43. The fourth-order valence-corrected chi connectivity index (χ4v) is 12.9. The van der Waals surface area contributed by atoms with Crippen molar-refractivity contribution >= 4 is 72.3 Å². The molecule has 5 amide bonds. The largest absolute Gasteiger partial charge is 0.464 e. The highest BCUT2D eigenvalue weighted by Gasteiger charge is 2.40. The van der Waals surface area contributed by atoms with E-state index in [0.29, 0.717) is 63.4 Å². The van der Waals surface area contributed by atoms with Crippen molar-refractivity contribution in [2.24, 2.45) is 22.2 Å². The number of ether oxygens (including phenoxy) is 2. The van der Waals surface area contributed by atoms with E-state index in [-0.39, 0.29) is 48.1 Å². The quantitative estimate of drug-likeness (QED) is 0.140. The number of cyclic esters (lactones) is 1. The van der Waals surface area contributed by atoms with Crippen molar-refractivity contribution in [3.05, 3.63) is 58.2 Å². The van der Waals surface area contributed by atoms with Crippen LogP contribution in [0.25, 0.3) is 27.7 Å². The van der Waals surface area contributed by atoms with E-state index in [9.17, 15) is 24.0 Å². The van der Waals surface area contributed by atoms with Crippen molar-refractivity contribution < 1.29 is 33.4 Å². The van der Waals surface area contributed by atoms with Gasteiger partial charge in [0.05, 0.1) is 34.8 Å². The zero-order valence-electron chi connectivity index (χ0n) is 40.6. The summed E-state index contributed by atoms with van der Waals surface area (Å²) >= 11 is 1.44. The lowest BCUT2D eigenvalue weighted by atomic mass is 9.81. The molecule has 2 saturated heterocycles. The smallest absolute Gasteiger partial charge is 0.324 e. The Bertz CT molecular complexity index is 2440. The molecule has 3 aromatic rings. The number of carbonyl (C=O) groups is 5. The number of allylic oxidation sites excluding steroid dienone is 1. The molecule has 2 fully saturated rings. The van der Waals surface area contributed by atoms with Crippen LogP contribution in [-0.2, 0) is 42.9 Å². The van der Waals surface area contributed by atoms with Gasteiger partial charge in [0.2, 0.25) is 17.3 Å². The van der Waals surface area contributed by atoms with Crippen LogP contribution in [0, 0.1) is 17.3 Å². The summed E-state index contributed by atoms with van der Waals surface area (Å²) in [6.07, 6.45) is 6.09. The van der Waals surface area contributed by atoms with Gasteiger partial charge in [-0.3, -0.25) is 29.2 Å². The molecular weight excluding hydrogens is 887 g/mol. The number of benzene rings is 1. The fourth-order valence-electron chi connectivity index (χ4n) is 9.90. The molecular formula is C49H68N9O7SSi. The molecule has 0 aliphatic carbocycles. The minimum atomic E-state index is -2.49. The van der Waals surface area contributed by atoms with E-state index in [1.165, 1.54) is 27.3 Å². The first-order valence-electron chi connectivity index (χ1n) is 23.7. The van der Waals surface area contributed by atoms with Gasteiger partial charge in [-0.25, -0.2) is 15.2 Å². The Morgan fingerprint density at radius 3 is 2.58 bits per heavy atom. The third kappa shape index (κ3) is 10.6. The zero-order chi connectivity index (χ0) is 48.3. The number of esters is 1. The van der Waals surface area contributed by atoms with E-state index in [4.69, 9.17) is 19.5 Å². The molecule has 16 nitrogen and oxygen atoms in total. The number of urea groups is 1. The second-order valence-corrected chi connectivity index (χ2v) is 22.3. The number of hydrogen-bond donors (Lipinski definition) is 2. The third-order valence-electron chi connectivity index (χ3n) is 13.5. The molecule has 4 aliphatic heterocycles. The summed E-state index contributed by atoms with van der Waals surface area (Å²) in [6, 6.07) is 4.65. The number of methoxy groups -OCH3 is 1. The predicted octanol–water partition coefficient (Wildman–Crippen LogP) is 6.42.